The second kappa shape index (κ2) is 1.29. The number of carboxylic acids is 1. The molecule has 0 unspecified atom stereocenters. The molecular formula is C6H9NO2. The minimum absolute atomic E-state index is 0.356. The molecule has 2 N–H and O–H groups in total. The molecule has 3 aliphatic rings. The van der Waals surface area contributed by atoms with E-state index in [1.54, 1.807) is 0 Å². The summed E-state index contributed by atoms with van der Waals surface area (Å²) in [4.78, 5) is 10.5. The van der Waals surface area contributed by atoms with Crippen LogP contribution in [0.2, 0.25) is 0 Å². The second-order valence-corrected chi connectivity index (χ2v) is 3.07. The van der Waals surface area contributed by atoms with Crippen LogP contribution in [-0.2, 0) is 4.79 Å². The van der Waals surface area contributed by atoms with Gasteiger partial charge in [0.2, 0.25) is 0 Å². The van der Waals surface area contributed by atoms with Crippen molar-refractivity contribution in [2.45, 2.75) is 18.9 Å². The minimum Gasteiger partial charge on any atom is -0.481 e. The lowest BCUT2D eigenvalue weighted by Gasteiger charge is -2.31. The molecule has 0 radical (unpaired) electrons. The highest BCUT2D eigenvalue weighted by atomic mass is 16.4. The fourth-order valence-corrected chi connectivity index (χ4v) is 1.76. The minimum atomic E-state index is -0.622. The third-order valence-electron chi connectivity index (χ3n) is 2.46. The highest BCUT2D eigenvalue weighted by Gasteiger charge is 2.55. The Balaban J connectivity index is 2.19. The first-order chi connectivity index (χ1) is 4.23. The maximum atomic E-state index is 10.5. The van der Waals surface area contributed by atoms with Crippen molar-refractivity contribution in [3.05, 3.63) is 0 Å². The van der Waals surface area contributed by atoms with Gasteiger partial charge < -0.3 is 10.4 Å². The Hall–Kier alpha value is -0.570. The Labute approximate surface area is 53.1 Å². The number of fused-ring (bicyclic) bond motifs is 1. The monoisotopic (exact) mass is 127 g/mol. The van der Waals surface area contributed by atoms with Crippen molar-refractivity contribution in [1.29, 1.82) is 0 Å². The molecular weight excluding hydrogens is 118 g/mol. The summed E-state index contributed by atoms with van der Waals surface area (Å²) in [7, 11) is 0. The predicted octanol–water partition coefficient (Wildman–Crippen LogP) is -0.177. The number of hydrogen-bond acceptors (Lipinski definition) is 2. The smallest absolute Gasteiger partial charge is 0.311 e. The van der Waals surface area contributed by atoms with Crippen LogP contribution in [0, 0.1) is 5.41 Å². The first-order valence-electron chi connectivity index (χ1n) is 3.20. The number of carbonyl (C=O) groups is 1. The molecule has 1 aliphatic carbocycles. The summed E-state index contributed by atoms with van der Waals surface area (Å²) in [6.07, 6.45) is 1.70. The van der Waals surface area contributed by atoms with Crippen LogP contribution in [0.25, 0.3) is 0 Å². The van der Waals surface area contributed by atoms with Crippen LogP contribution >= 0.6 is 0 Å². The fraction of sp³-hybridized carbons (Fsp3) is 0.833. The molecule has 9 heavy (non-hydrogen) atoms. The lowest BCUT2D eigenvalue weighted by Crippen LogP contribution is -2.40. The molecule has 2 bridgehead atoms. The van der Waals surface area contributed by atoms with Crippen molar-refractivity contribution in [2.75, 3.05) is 6.54 Å². The summed E-state index contributed by atoms with van der Waals surface area (Å²) in [5, 5.41) is 11.8. The largest absolute Gasteiger partial charge is 0.481 e. The topological polar surface area (TPSA) is 49.3 Å². The van der Waals surface area contributed by atoms with Crippen molar-refractivity contribution in [3.63, 3.8) is 0 Å². The third-order valence-corrected chi connectivity index (χ3v) is 2.46. The lowest BCUT2D eigenvalue weighted by atomic mass is 9.70. The van der Waals surface area contributed by atoms with Crippen molar-refractivity contribution >= 4 is 5.97 Å². The van der Waals surface area contributed by atoms with Crippen LogP contribution in [0.15, 0.2) is 0 Å². The number of rotatable bonds is 1. The maximum Gasteiger partial charge on any atom is 0.311 e. The van der Waals surface area contributed by atoms with Crippen LogP contribution in [0.5, 0.6) is 0 Å². The van der Waals surface area contributed by atoms with E-state index in [1.165, 1.54) is 0 Å². The van der Waals surface area contributed by atoms with Crippen molar-refractivity contribution in [2.24, 2.45) is 5.41 Å². The Morgan fingerprint density at radius 3 is 2.56 bits per heavy atom. The van der Waals surface area contributed by atoms with Gasteiger partial charge in [-0.25, -0.2) is 0 Å². The van der Waals surface area contributed by atoms with E-state index in [1.807, 2.05) is 0 Å². The van der Waals surface area contributed by atoms with Gasteiger partial charge in [0, 0.05) is 12.6 Å². The molecule has 0 amide bonds. The number of aliphatic carboxylic acids is 1. The van der Waals surface area contributed by atoms with E-state index < -0.39 is 5.97 Å². The molecule has 3 heteroatoms. The molecule has 0 spiro atoms. The van der Waals surface area contributed by atoms with Gasteiger partial charge in [0.1, 0.15) is 0 Å². The summed E-state index contributed by atoms with van der Waals surface area (Å²) in [6.45, 7) is 0.687. The van der Waals surface area contributed by atoms with Crippen LogP contribution in [-0.4, -0.2) is 23.7 Å². The van der Waals surface area contributed by atoms with E-state index in [9.17, 15) is 4.79 Å². The normalized spacial score (nSPS) is 46.4. The van der Waals surface area contributed by atoms with E-state index in [2.05, 4.69) is 5.32 Å². The molecule has 2 heterocycles. The first kappa shape index (κ1) is 5.23. The van der Waals surface area contributed by atoms with Crippen LogP contribution in [0.3, 0.4) is 0 Å². The summed E-state index contributed by atoms with van der Waals surface area (Å²) in [5.74, 6) is -0.622. The average Bonchev–Trinajstić information content (AvgIpc) is 2.13. The Kier molecular flexibility index (Phi) is 0.750. The Morgan fingerprint density at radius 1 is 1.67 bits per heavy atom. The zero-order chi connectivity index (χ0) is 6.48. The lowest BCUT2D eigenvalue weighted by molar-refractivity contribution is -0.150. The highest BCUT2D eigenvalue weighted by Crippen LogP contribution is 2.46. The van der Waals surface area contributed by atoms with Gasteiger partial charge in [-0.05, 0) is 12.8 Å². The Morgan fingerprint density at radius 2 is 2.33 bits per heavy atom. The van der Waals surface area contributed by atoms with E-state index >= 15 is 0 Å². The van der Waals surface area contributed by atoms with Gasteiger partial charge in [0.05, 0.1) is 5.41 Å². The van der Waals surface area contributed by atoms with Crippen LogP contribution < -0.4 is 5.32 Å². The summed E-state index contributed by atoms with van der Waals surface area (Å²) in [6, 6.07) is 0.515. The van der Waals surface area contributed by atoms with Crippen molar-refractivity contribution < 1.29 is 9.90 Å². The average molecular weight is 127 g/mol. The Bertz CT molecular complexity index is 155. The van der Waals surface area contributed by atoms with Crippen molar-refractivity contribution in [1.82, 2.24) is 5.32 Å². The number of hydrogen-bond donors (Lipinski definition) is 2. The molecule has 3 nitrogen and oxygen atoms in total. The van der Waals surface area contributed by atoms with E-state index in [0.717, 1.165) is 12.8 Å². The van der Waals surface area contributed by atoms with Gasteiger partial charge in [0.25, 0.3) is 0 Å². The molecule has 0 aromatic heterocycles. The van der Waals surface area contributed by atoms with Gasteiger partial charge in [-0.2, -0.15) is 0 Å². The quantitative estimate of drug-likeness (QED) is 0.514. The molecule has 2 saturated heterocycles. The van der Waals surface area contributed by atoms with E-state index in [0.29, 0.717) is 12.6 Å². The zero-order valence-electron chi connectivity index (χ0n) is 5.05. The highest BCUT2D eigenvalue weighted by molar-refractivity contribution is 5.77. The van der Waals surface area contributed by atoms with Gasteiger partial charge >= 0.3 is 5.97 Å². The first-order valence-corrected chi connectivity index (χ1v) is 3.20. The molecule has 2 aliphatic heterocycles. The van der Waals surface area contributed by atoms with E-state index in [-0.39, 0.29) is 5.41 Å². The number of carboxylic acid groups (broad SMARTS) is 1. The van der Waals surface area contributed by atoms with Crippen LogP contribution in [0.4, 0.5) is 0 Å². The molecule has 3 fully saturated rings. The third kappa shape index (κ3) is 0.477. The molecule has 1 saturated carbocycles. The van der Waals surface area contributed by atoms with Gasteiger partial charge in [0.15, 0.2) is 0 Å². The summed E-state index contributed by atoms with van der Waals surface area (Å²) in [5.41, 5.74) is -0.356. The molecule has 0 aromatic carbocycles. The van der Waals surface area contributed by atoms with Gasteiger partial charge in [-0.3, -0.25) is 4.79 Å². The fourth-order valence-electron chi connectivity index (χ4n) is 1.76. The SMILES string of the molecule is O=C(O)C12CNC(C1)C2. The van der Waals surface area contributed by atoms with Crippen molar-refractivity contribution in [3.8, 4) is 0 Å². The summed E-state index contributed by atoms with van der Waals surface area (Å²) >= 11 is 0. The van der Waals surface area contributed by atoms with Crippen LogP contribution in [0.1, 0.15) is 12.8 Å². The van der Waals surface area contributed by atoms with E-state index in [4.69, 9.17) is 5.11 Å². The van der Waals surface area contributed by atoms with Gasteiger partial charge in [-0.15, -0.1) is 0 Å². The number of nitrogens with one attached hydrogen (secondary N) is 1. The van der Waals surface area contributed by atoms with Gasteiger partial charge in [-0.1, -0.05) is 0 Å². The maximum absolute atomic E-state index is 10.5. The molecule has 50 valence electrons. The molecule has 3 rings (SSSR count). The molecule has 0 atom stereocenters. The zero-order valence-corrected chi connectivity index (χ0v) is 5.05. The standard InChI is InChI=1S/C6H9NO2/c8-5(9)6-1-4(2-6)7-3-6/h4,7H,1-3H2,(H,8,9). The predicted molar refractivity (Wildman–Crippen MR) is 31.1 cm³/mol. The molecule has 0 aromatic rings. The summed E-state index contributed by atoms with van der Waals surface area (Å²) < 4.78 is 0. The second-order valence-electron chi connectivity index (χ2n) is 3.07.